The number of hydrogen-bond acceptors (Lipinski definition) is 3. The average molecular weight is 381 g/mol. The number of methoxy groups -OCH3 is 1. The van der Waals surface area contributed by atoms with Gasteiger partial charge in [-0.1, -0.05) is 54.1 Å². The van der Waals surface area contributed by atoms with Gasteiger partial charge in [-0.2, -0.15) is 5.10 Å². The molecule has 1 aliphatic heterocycles. The van der Waals surface area contributed by atoms with Crippen molar-refractivity contribution in [2.24, 2.45) is 5.10 Å². The van der Waals surface area contributed by atoms with E-state index >= 15 is 0 Å². The summed E-state index contributed by atoms with van der Waals surface area (Å²) in [5.74, 6) is 0.539. The van der Waals surface area contributed by atoms with Crippen LogP contribution in [0.1, 0.15) is 23.6 Å². The first-order valence-electron chi connectivity index (χ1n) is 8.67. The number of nitrogens with zero attached hydrogens (tertiary/aromatic N) is 2. The van der Waals surface area contributed by atoms with E-state index in [1.807, 2.05) is 53.5 Å². The third kappa shape index (κ3) is 3.40. The summed E-state index contributed by atoms with van der Waals surface area (Å²) in [6.07, 6.45) is 0.664. The summed E-state index contributed by atoms with van der Waals surface area (Å²) in [4.78, 5) is 0. The van der Waals surface area contributed by atoms with Crippen molar-refractivity contribution in [3.63, 3.8) is 0 Å². The molecule has 0 aliphatic carbocycles. The summed E-state index contributed by atoms with van der Waals surface area (Å²) in [6, 6.07) is 21.9. The van der Waals surface area contributed by atoms with Gasteiger partial charge in [0, 0.05) is 12.0 Å². The Hall–Kier alpha value is -2.85. The molecule has 4 rings (SSSR count). The quantitative estimate of drug-likeness (QED) is 0.567. The maximum atomic E-state index is 13.3. The molecule has 0 spiro atoms. The maximum Gasteiger partial charge on any atom is 0.124 e. The SMILES string of the molecule is COc1ccccc1C1CC(c2ccc(F)cc2)=NN1c1ccccc1Cl. The van der Waals surface area contributed by atoms with Gasteiger partial charge in [0.1, 0.15) is 11.6 Å². The van der Waals surface area contributed by atoms with Gasteiger partial charge in [-0.05, 0) is 35.9 Å². The second-order valence-electron chi connectivity index (χ2n) is 6.31. The average Bonchev–Trinajstić information content (AvgIpc) is 3.13. The first-order valence-corrected chi connectivity index (χ1v) is 9.05. The van der Waals surface area contributed by atoms with Crippen LogP contribution in [-0.2, 0) is 0 Å². The van der Waals surface area contributed by atoms with Gasteiger partial charge < -0.3 is 4.74 Å². The molecule has 1 atom stereocenters. The lowest BCUT2D eigenvalue weighted by atomic mass is 9.97. The molecular formula is C22H18ClFN2O. The Kier molecular flexibility index (Phi) is 4.82. The summed E-state index contributed by atoms with van der Waals surface area (Å²) < 4.78 is 18.9. The minimum atomic E-state index is -0.262. The Morgan fingerprint density at radius 3 is 2.44 bits per heavy atom. The van der Waals surface area contributed by atoms with E-state index in [4.69, 9.17) is 21.4 Å². The van der Waals surface area contributed by atoms with Crippen LogP contribution < -0.4 is 9.75 Å². The molecule has 1 heterocycles. The number of para-hydroxylation sites is 2. The fraction of sp³-hybridized carbons (Fsp3) is 0.136. The van der Waals surface area contributed by atoms with Crippen LogP contribution >= 0.6 is 11.6 Å². The molecule has 136 valence electrons. The van der Waals surface area contributed by atoms with Crippen LogP contribution in [0.2, 0.25) is 5.02 Å². The number of anilines is 1. The van der Waals surface area contributed by atoms with E-state index in [2.05, 4.69) is 0 Å². The molecule has 0 bridgehead atoms. The lowest BCUT2D eigenvalue weighted by Crippen LogP contribution is -2.19. The molecule has 5 heteroatoms. The van der Waals surface area contributed by atoms with Crippen molar-refractivity contribution >= 4 is 23.0 Å². The zero-order chi connectivity index (χ0) is 18.8. The van der Waals surface area contributed by atoms with Crippen molar-refractivity contribution in [2.75, 3.05) is 12.1 Å². The van der Waals surface area contributed by atoms with Crippen molar-refractivity contribution in [3.05, 3.63) is 94.8 Å². The van der Waals surface area contributed by atoms with Crippen LogP contribution in [0.25, 0.3) is 0 Å². The molecule has 1 aliphatic rings. The van der Waals surface area contributed by atoms with Crippen molar-refractivity contribution in [1.82, 2.24) is 0 Å². The molecule has 3 aromatic carbocycles. The highest BCUT2D eigenvalue weighted by Crippen LogP contribution is 2.42. The standard InChI is InChI=1S/C22H18ClFN2O/c1-27-22-9-5-2-6-17(22)21-14-19(15-10-12-16(24)13-11-15)25-26(21)20-8-4-3-7-18(20)23/h2-13,21H,14H2,1H3. The van der Waals surface area contributed by atoms with Gasteiger partial charge in [0.25, 0.3) is 0 Å². The highest BCUT2D eigenvalue weighted by Gasteiger charge is 2.32. The van der Waals surface area contributed by atoms with Gasteiger partial charge in [0.05, 0.1) is 29.6 Å². The van der Waals surface area contributed by atoms with Crippen molar-refractivity contribution in [1.29, 1.82) is 0 Å². The summed E-state index contributed by atoms with van der Waals surface area (Å²) in [5, 5.41) is 7.40. The van der Waals surface area contributed by atoms with E-state index in [9.17, 15) is 4.39 Å². The smallest absolute Gasteiger partial charge is 0.124 e. The Labute approximate surface area is 162 Å². The van der Waals surface area contributed by atoms with Gasteiger partial charge in [0.2, 0.25) is 0 Å². The fourth-order valence-electron chi connectivity index (χ4n) is 3.37. The molecule has 0 fully saturated rings. The maximum absolute atomic E-state index is 13.3. The molecule has 27 heavy (non-hydrogen) atoms. The van der Waals surface area contributed by atoms with Gasteiger partial charge in [0.15, 0.2) is 0 Å². The van der Waals surface area contributed by atoms with Gasteiger partial charge in [-0.3, -0.25) is 5.01 Å². The van der Waals surface area contributed by atoms with E-state index in [0.717, 1.165) is 28.3 Å². The molecule has 0 aromatic heterocycles. The lowest BCUT2D eigenvalue weighted by Gasteiger charge is -2.26. The highest BCUT2D eigenvalue weighted by atomic mass is 35.5. The molecule has 3 aromatic rings. The Balaban J connectivity index is 1.80. The molecule has 0 radical (unpaired) electrons. The van der Waals surface area contributed by atoms with Crippen LogP contribution in [0.4, 0.5) is 10.1 Å². The predicted octanol–water partition coefficient (Wildman–Crippen LogP) is 5.84. The van der Waals surface area contributed by atoms with Crippen LogP contribution in [0, 0.1) is 5.82 Å². The zero-order valence-electron chi connectivity index (χ0n) is 14.8. The zero-order valence-corrected chi connectivity index (χ0v) is 15.5. The number of ether oxygens (including phenoxy) is 1. The molecule has 1 unspecified atom stereocenters. The number of hydrazone groups is 1. The number of rotatable bonds is 4. The third-order valence-electron chi connectivity index (χ3n) is 4.69. The number of hydrogen-bond donors (Lipinski definition) is 0. The molecule has 0 amide bonds. The summed E-state index contributed by atoms with van der Waals surface area (Å²) in [5.41, 5.74) is 3.63. The molecule has 0 saturated carbocycles. The number of benzene rings is 3. The topological polar surface area (TPSA) is 24.8 Å². The van der Waals surface area contributed by atoms with E-state index in [0.29, 0.717) is 11.4 Å². The van der Waals surface area contributed by atoms with Crippen molar-refractivity contribution < 1.29 is 9.13 Å². The van der Waals surface area contributed by atoms with Gasteiger partial charge >= 0.3 is 0 Å². The molecular weight excluding hydrogens is 363 g/mol. The Morgan fingerprint density at radius 1 is 1.00 bits per heavy atom. The largest absolute Gasteiger partial charge is 0.496 e. The predicted molar refractivity (Wildman–Crippen MR) is 107 cm³/mol. The Bertz CT molecular complexity index is 988. The number of halogens is 2. The van der Waals surface area contributed by atoms with Crippen LogP contribution in [0.3, 0.4) is 0 Å². The molecule has 0 N–H and O–H groups in total. The molecule has 0 saturated heterocycles. The van der Waals surface area contributed by atoms with Gasteiger partial charge in [-0.25, -0.2) is 4.39 Å². The summed E-state index contributed by atoms with van der Waals surface area (Å²) in [6.45, 7) is 0. The Morgan fingerprint density at radius 2 is 1.70 bits per heavy atom. The summed E-state index contributed by atoms with van der Waals surface area (Å²) in [7, 11) is 1.66. The second kappa shape index (κ2) is 7.41. The van der Waals surface area contributed by atoms with E-state index in [1.54, 1.807) is 19.2 Å². The third-order valence-corrected chi connectivity index (χ3v) is 5.00. The monoisotopic (exact) mass is 380 g/mol. The minimum absolute atomic E-state index is 0.0684. The lowest BCUT2D eigenvalue weighted by molar-refractivity contribution is 0.405. The van der Waals surface area contributed by atoms with Crippen LogP contribution in [-0.4, -0.2) is 12.8 Å². The van der Waals surface area contributed by atoms with E-state index in [-0.39, 0.29) is 11.9 Å². The van der Waals surface area contributed by atoms with Crippen LogP contribution in [0.15, 0.2) is 77.9 Å². The van der Waals surface area contributed by atoms with Crippen LogP contribution in [0.5, 0.6) is 5.75 Å². The van der Waals surface area contributed by atoms with E-state index in [1.165, 1.54) is 12.1 Å². The second-order valence-corrected chi connectivity index (χ2v) is 6.72. The summed E-state index contributed by atoms with van der Waals surface area (Å²) >= 11 is 6.45. The fourth-order valence-corrected chi connectivity index (χ4v) is 3.59. The highest BCUT2D eigenvalue weighted by molar-refractivity contribution is 6.33. The first-order chi connectivity index (χ1) is 13.2. The normalized spacial score (nSPS) is 16.3. The van der Waals surface area contributed by atoms with Crippen molar-refractivity contribution in [2.45, 2.75) is 12.5 Å². The molecule has 3 nitrogen and oxygen atoms in total. The van der Waals surface area contributed by atoms with E-state index < -0.39 is 0 Å². The first kappa shape index (κ1) is 17.6. The van der Waals surface area contributed by atoms with Gasteiger partial charge in [-0.15, -0.1) is 0 Å². The van der Waals surface area contributed by atoms with Crippen molar-refractivity contribution in [3.8, 4) is 5.75 Å². The minimum Gasteiger partial charge on any atom is -0.496 e.